The van der Waals surface area contributed by atoms with Crippen LogP contribution in [0.25, 0.3) is 10.7 Å². The molecular weight excluding hydrogens is 325 g/mol. The van der Waals surface area contributed by atoms with E-state index in [0.29, 0.717) is 11.4 Å². The Hall–Kier alpha value is -2.41. The van der Waals surface area contributed by atoms with Crippen LogP contribution in [0.15, 0.2) is 48.0 Å². The summed E-state index contributed by atoms with van der Waals surface area (Å²) >= 11 is 1.47. The topological polar surface area (TPSA) is 35.0 Å². The molecule has 0 spiro atoms. The second kappa shape index (κ2) is 6.00. The number of aryl methyl sites for hydroxylation is 1. The SMILES string of the molecule is Cc1cnc(-c2cccs2)nc1Oc1cccc(C(F)(F)F)c1. The van der Waals surface area contributed by atoms with E-state index in [1.807, 2.05) is 17.5 Å². The van der Waals surface area contributed by atoms with Crippen molar-refractivity contribution in [2.24, 2.45) is 0 Å². The Balaban J connectivity index is 1.93. The Morgan fingerprint density at radius 1 is 1.13 bits per heavy atom. The van der Waals surface area contributed by atoms with E-state index in [9.17, 15) is 13.2 Å². The third-order valence-corrected chi connectivity index (χ3v) is 3.91. The van der Waals surface area contributed by atoms with Crippen LogP contribution in [0.5, 0.6) is 11.6 Å². The highest BCUT2D eigenvalue weighted by Crippen LogP contribution is 2.33. The maximum atomic E-state index is 12.8. The number of ether oxygens (including phenoxy) is 1. The maximum Gasteiger partial charge on any atom is 0.416 e. The molecule has 1 aromatic carbocycles. The zero-order valence-electron chi connectivity index (χ0n) is 12.0. The molecule has 2 heterocycles. The molecule has 118 valence electrons. The Kier molecular flexibility index (Phi) is 4.04. The molecule has 0 fully saturated rings. The van der Waals surface area contributed by atoms with Crippen molar-refractivity contribution >= 4 is 11.3 Å². The van der Waals surface area contributed by atoms with E-state index in [-0.39, 0.29) is 11.6 Å². The monoisotopic (exact) mass is 336 g/mol. The first-order valence-electron chi connectivity index (χ1n) is 6.66. The number of hydrogen-bond donors (Lipinski definition) is 0. The minimum atomic E-state index is -4.41. The Morgan fingerprint density at radius 2 is 1.96 bits per heavy atom. The van der Waals surface area contributed by atoms with Gasteiger partial charge in [0.1, 0.15) is 5.75 Å². The van der Waals surface area contributed by atoms with E-state index >= 15 is 0 Å². The number of hydrogen-bond acceptors (Lipinski definition) is 4. The van der Waals surface area contributed by atoms with Crippen LogP contribution in [-0.4, -0.2) is 9.97 Å². The Labute approximate surface area is 134 Å². The van der Waals surface area contributed by atoms with E-state index in [1.54, 1.807) is 13.1 Å². The van der Waals surface area contributed by atoms with E-state index in [4.69, 9.17) is 4.74 Å². The van der Waals surface area contributed by atoms with Crippen LogP contribution < -0.4 is 4.74 Å². The molecule has 2 aromatic heterocycles. The van der Waals surface area contributed by atoms with Crippen molar-refractivity contribution in [3.63, 3.8) is 0 Å². The summed E-state index contributed by atoms with van der Waals surface area (Å²) in [7, 11) is 0. The van der Waals surface area contributed by atoms with E-state index < -0.39 is 11.7 Å². The maximum absolute atomic E-state index is 12.8. The molecule has 3 aromatic rings. The number of halogens is 3. The Bertz CT molecular complexity index is 816. The molecule has 0 radical (unpaired) electrons. The van der Waals surface area contributed by atoms with Crippen LogP contribution >= 0.6 is 11.3 Å². The van der Waals surface area contributed by atoms with Crippen molar-refractivity contribution in [3.05, 3.63) is 59.1 Å². The van der Waals surface area contributed by atoms with Gasteiger partial charge in [0.15, 0.2) is 5.82 Å². The predicted molar refractivity (Wildman–Crippen MR) is 81.6 cm³/mol. The lowest BCUT2D eigenvalue weighted by Gasteiger charge is -2.11. The van der Waals surface area contributed by atoms with Gasteiger partial charge in [0.05, 0.1) is 10.4 Å². The van der Waals surface area contributed by atoms with Gasteiger partial charge in [-0.1, -0.05) is 12.1 Å². The van der Waals surface area contributed by atoms with Crippen LogP contribution in [-0.2, 0) is 6.18 Å². The third-order valence-electron chi connectivity index (χ3n) is 3.04. The molecule has 0 aliphatic heterocycles. The molecule has 7 heteroatoms. The van der Waals surface area contributed by atoms with Gasteiger partial charge in [-0.3, -0.25) is 0 Å². The van der Waals surface area contributed by atoms with Gasteiger partial charge in [0.2, 0.25) is 5.88 Å². The number of rotatable bonds is 3. The molecule has 0 saturated carbocycles. The third kappa shape index (κ3) is 3.50. The fourth-order valence-corrected chi connectivity index (χ4v) is 2.57. The largest absolute Gasteiger partial charge is 0.439 e. The highest BCUT2D eigenvalue weighted by molar-refractivity contribution is 7.13. The average Bonchev–Trinajstić information content (AvgIpc) is 3.03. The van der Waals surface area contributed by atoms with Crippen molar-refractivity contribution in [2.45, 2.75) is 13.1 Å². The van der Waals surface area contributed by atoms with Gasteiger partial charge < -0.3 is 4.74 Å². The first-order valence-corrected chi connectivity index (χ1v) is 7.54. The second-order valence-corrected chi connectivity index (χ2v) is 5.73. The molecule has 23 heavy (non-hydrogen) atoms. The van der Waals surface area contributed by atoms with E-state index in [2.05, 4.69) is 9.97 Å². The minimum Gasteiger partial charge on any atom is -0.439 e. The molecule has 0 N–H and O–H groups in total. The van der Waals surface area contributed by atoms with Crippen molar-refractivity contribution in [1.29, 1.82) is 0 Å². The summed E-state index contributed by atoms with van der Waals surface area (Å²) in [6.07, 6.45) is -2.83. The lowest BCUT2D eigenvalue weighted by molar-refractivity contribution is -0.137. The van der Waals surface area contributed by atoms with Gasteiger partial charge in [-0.25, -0.2) is 4.98 Å². The Morgan fingerprint density at radius 3 is 2.65 bits per heavy atom. The fourth-order valence-electron chi connectivity index (χ4n) is 1.90. The average molecular weight is 336 g/mol. The highest BCUT2D eigenvalue weighted by Gasteiger charge is 2.30. The molecule has 0 aliphatic rings. The number of nitrogens with zero attached hydrogens (tertiary/aromatic N) is 2. The molecule has 3 rings (SSSR count). The highest BCUT2D eigenvalue weighted by atomic mass is 32.1. The number of alkyl halides is 3. The molecule has 0 aliphatic carbocycles. The summed E-state index contributed by atoms with van der Waals surface area (Å²) in [6, 6.07) is 8.44. The summed E-state index contributed by atoms with van der Waals surface area (Å²) in [4.78, 5) is 9.38. The van der Waals surface area contributed by atoms with Crippen molar-refractivity contribution in [2.75, 3.05) is 0 Å². The first kappa shape index (κ1) is 15.5. The first-order chi connectivity index (χ1) is 10.9. The molecule has 3 nitrogen and oxygen atoms in total. The lowest BCUT2D eigenvalue weighted by Crippen LogP contribution is -2.04. The van der Waals surface area contributed by atoms with Gasteiger partial charge in [0, 0.05) is 11.8 Å². The zero-order valence-corrected chi connectivity index (χ0v) is 12.8. The van der Waals surface area contributed by atoms with Gasteiger partial charge in [-0.2, -0.15) is 18.2 Å². The molecular formula is C16H11F3N2OS. The van der Waals surface area contributed by atoms with E-state index in [1.165, 1.54) is 23.5 Å². The van der Waals surface area contributed by atoms with Crippen molar-refractivity contribution in [1.82, 2.24) is 9.97 Å². The summed E-state index contributed by atoms with van der Waals surface area (Å²) in [5.74, 6) is 0.800. The molecule has 0 atom stereocenters. The zero-order chi connectivity index (χ0) is 16.4. The van der Waals surface area contributed by atoms with Crippen LogP contribution in [0.3, 0.4) is 0 Å². The number of aromatic nitrogens is 2. The number of thiophene rings is 1. The summed E-state index contributed by atoms with van der Waals surface area (Å²) in [5, 5.41) is 1.89. The standard InChI is InChI=1S/C16H11F3N2OS/c1-10-9-20-14(13-6-3-7-23-13)21-15(10)22-12-5-2-4-11(8-12)16(17,18)19/h2-9H,1H3. The lowest BCUT2D eigenvalue weighted by atomic mass is 10.2. The van der Waals surface area contributed by atoms with E-state index in [0.717, 1.165) is 17.0 Å². The predicted octanol–water partition coefficient (Wildman–Crippen LogP) is 5.32. The van der Waals surface area contributed by atoms with Gasteiger partial charge in [-0.05, 0) is 36.6 Å². The number of benzene rings is 1. The van der Waals surface area contributed by atoms with Crippen LogP contribution in [0.4, 0.5) is 13.2 Å². The van der Waals surface area contributed by atoms with Crippen LogP contribution in [0.2, 0.25) is 0 Å². The van der Waals surface area contributed by atoms with Gasteiger partial charge >= 0.3 is 6.18 Å². The molecule has 0 unspecified atom stereocenters. The molecule has 0 bridgehead atoms. The van der Waals surface area contributed by atoms with Crippen LogP contribution in [0.1, 0.15) is 11.1 Å². The summed E-state index contributed by atoms with van der Waals surface area (Å²) in [6.45, 7) is 1.74. The smallest absolute Gasteiger partial charge is 0.416 e. The summed E-state index contributed by atoms with van der Waals surface area (Å²) < 4.78 is 43.8. The normalized spacial score (nSPS) is 11.5. The molecule has 0 amide bonds. The quantitative estimate of drug-likeness (QED) is 0.649. The molecule has 0 saturated heterocycles. The van der Waals surface area contributed by atoms with Gasteiger partial charge in [0.25, 0.3) is 0 Å². The van der Waals surface area contributed by atoms with Crippen molar-refractivity contribution < 1.29 is 17.9 Å². The fraction of sp³-hybridized carbons (Fsp3) is 0.125. The minimum absolute atomic E-state index is 0.0822. The van der Waals surface area contributed by atoms with Crippen molar-refractivity contribution in [3.8, 4) is 22.3 Å². The van der Waals surface area contributed by atoms with Gasteiger partial charge in [-0.15, -0.1) is 11.3 Å². The summed E-state index contributed by atoms with van der Waals surface area (Å²) in [5.41, 5.74) is -0.122. The van der Waals surface area contributed by atoms with Crippen LogP contribution in [0, 0.1) is 6.92 Å². The second-order valence-electron chi connectivity index (χ2n) is 4.79.